The highest BCUT2D eigenvalue weighted by Gasteiger charge is 2.37. The molecule has 112 valence electrons. The molecular formula is C14H28N2O2S. The lowest BCUT2D eigenvalue weighted by Gasteiger charge is -2.36. The van der Waals surface area contributed by atoms with Crippen molar-refractivity contribution < 1.29 is 9.00 Å². The monoisotopic (exact) mass is 288 g/mol. The van der Waals surface area contributed by atoms with Gasteiger partial charge in [0.05, 0.1) is 0 Å². The fraction of sp³-hybridized carbons (Fsp3) is 0.929. The van der Waals surface area contributed by atoms with E-state index >= 15 is 0 Å². The Morgan fingerprint density at radius 3 is 2.74 bits per heavy atom. The average Bonchev–Trinajstić information content (AvgIpc) is 2.37. The standard InChI is InChI=1S/C14H28N2O2S/c1-11(7-9-19(4)18)16-13(17)14(2,3)12-6-5-8-15-10-12/h11-12,15H,5-10H2,1-4H3,(H,16,17). The third kappa shape index (κ3) is 5.22. The molecule has 3 atom stereocenters. The number of nitrogens with one attached hydrogen (secondary N) is 2. The van der Waals surface area contributed by atoms with Crippen LogP contribution in [0.1, 0.15) is 40.0 Å². The zero-order chi connectivity index (χ0) is 14.5. The van der Waals surface area contributed by atoms with Crippen LogP contribution in [0.5, 0.6) is 0 Å². The Balaban J connectivity index is 2.47. The molecule has 0 aromatic rings. The number of rotatable bonds is 6. The molecule has 4 nitrogen and oxygen atoms in total. The predicted octanol–water partition coefficient (Wildman–Crippen LogP) is 1.29. The largest absolute Gasteiger partial charge is 0.353 e. The van der Waals surface area contributed by atoms with Gasteiger partial charge >= 0.3 is 0 Å². The molecule has 1 amide bonds. The Labute approximate surface area is 119 Å². The van der Waals surface area contributed by atoms with Crippen molar-refractivity contribution in [1.29, 1.82) is 0 Å². The summed E-state index contributed by atoms with van der Waals surface area (Å²) in [6.07, 6.45) is 4.73. The summed E-state index contributed by atoms with van der Waals surface area (Å²) in [7, 11) is -0.788. The van der Waals surface area contributed by atoms with Gasteiger partial charge in [0.1, 0.15) is 0 Å². The molecule has 0 aromatic heterocycles. The maximum absolute atomic E-state index is 12.4. The van der Waals surface area contributed by atoms with E-state index in [1.54, 1.807) is 6.26 Å². The second kappa shape index (κ2) is 7.39. The first-order valence-corrected chi connectivity index (χ1v) is 8.88. The predicted molar refractivity (Wildman–Crippen MR) is 80.5 cm³/mol. The molecule has 0 radical (unpaired) electrons. The highest BCUT2D eigenvalue weighted by atomic mass is 32.2. The normalized spacial score (nSPS) is 23.7. The lowest BCUT2D eigenvalue weighted by molar-refractivity contribution is -0.133. The molecule has 1 aliphatic heterocycles. The number of hydrogen-bond acceptors (Lipinski definition) is 3. The van der Waals surface area contributed by atoms with Gasteiger partial charge in [-0.25, -0.2) is 0 Å². The summed E-state index contributed by atoms with van der Waals surface area (Å²) in [4.78, 5) is 12.4. The van der Waals surface area contributed by atoms with Gasteiger partial charge in [-0.1, -0.05) is 13.8 Å². The fourth-order valence-corrected chi connectivity index (χ4v) is 3.16. The average molecular weight is 288 g/mol. The molecule has 0 aliphatic carbocycles. The first-order chi connectivity index (χ1) is 8.84. The third-order valence-corrected chi connectivity index (χ3v) is 4.93. The van der Waals surface area contributed by atoms with E-state index in [0.717, 1.165) is 32.4 Å². The first-order valence-electron chi connectivity index (χ1n) is 7.15. The summed E-state index contributed by atoms with van der Waals surface area (Å²) in [6.45, 7) is 8.04. The van der Waals surface area contributed by atoms with Crippen molar-refractivity contribution in [3.8, 4) is 0 Å². The van der Waals surface area contributed by atoms with E-state index in [4.69, 9.17) is 0 Å². The van der Waals surface area contributed by atoms with Crippen molar-refractivity contribution in [2.45, 2.75) is 46.1 Å². The maximum atomic E-state index is 12.4. The number of piperidine rings is 1. The van der Waals surface area contributed by atoms with E-state index in [2.05, 4.69) is 10.6 Å². The molecule has 3 unspecified atom stereocenters. The quantitative estimate of drug-likeness (QED) is 0.774. The smallest absolute Gasteiger partial charge is 0.226 e. The highest BCUT2D eigenvalue weighted by molar-refractivity contribution is 7.84. The van der Waals surface area contributed by atoms with Crippen LogP contribution in [-0.4, -0.2) is 41.3 Å². The van der Waals surface area contributed by atoms with Crippen LogP contribution in [-0.2, 0) is 15.6 Å². The topological polar surface area (TPSA) is 58.2 Å². The second-order valence-electron chi connectivity index (χ2n) is 6.21. The summed E-state index contributed by atoms with van der Waals surface area (Å²) in [6, 6.07) is 0.0900. The molecule has 0 aromatic carbocycles. The van der Waals surface area contributed by atoms with E-state index in [0.29, 0.717) is 11.7 Å². The summed E-state index contributed by atoms with van der Waals surface area (Å²) < 4.78 is 11.1. The van der Waals surface area contributed by atoms with Gasteiger partial charge in [0.15, 0.2) is 0 Å². The molecule has 1 heterocycles. The van der Waals surface area contributed by atoms with Gasteiger partial charge in [0, 0.05) is 34.3 Å². The van der Waals surface area contributed by atoms with Crippen molar-refractivity contribution >= 4 is 16.7 Å². The highest BCUT2D eigenvalue weighted by Crippen LogP contribution is 2.32. The van der Waals surface area contributed by atoms with Crippen LogP contribution >= 0.6 is 0 Å². The van der Waals surface area contributed by atoms with E-state index < -0.39 is 10.8 Å². The number of carbonyl (C=O) groups is 1. The van der Waals surface area contributed by atoms with Crippen LogP contribution in [0, 0.1) is 11.3 Å². The molecule has 1 saturated heterocycles. The Morgan fingerprint density at radius 2 is 2.21 bits per heavy atom. The summed E-state index contributed by atoms with van der Waals surface area (Å²) in [5.41, 5.74) is -0.340. The minimum absolute atomic E-state index is 0.0900. The minimum atomic E-state index is -0.788. The van der Waals surface area contributed by atoms with Gasteiger partial charge in [-0.05, 0) is 45.2 Å². The van der Waals surface area contributed by atoms with Gasteiger partial charge in [-0.2, -0.15) is 0 Å². The molecule has 0 saturated carbocycles. The van der Waals surface area contributed by atoms with E-state index in [1.807, 2.05) is 20.8 Å². The van der Waals surface area contributed by atoms with E-state index in [-0.39, 0.29) is 17.4 Å². The molecule has 2 N–H and O–H groups in total. The molecule has 5 heteroatoms. The van der Waals surface area contributed by atoms with Gasteiger partial charge in [-0.15, -0.1) is 0 Å². The Hall–Kier alpha value is -0.420. The number of hydrogen-bond donors (Lipinski definition) is 2. The van der Waals surface area contributed by atoms with Crippen LogP contribution < -0.4 is 10.6 Å². The molecule has 1 aliphatic rings. The fourth-order valence-electron chi connectivity index (χ4n) is 2.48. The van der Waals surface area contributed by atoms with Crippen LogP contribution in [0.15, 0.2) is 0 Å². The SMILES string of the molecule is CC(CCS(C)=O)NC(=O)C(C)(C)C1CCCNC1. The van der Waals surface area contributed by atoms with E-state index in [1.165, 1.54) is 0 Å². The van der Waals surface area contributed by atoms with Crippen molar-refractivity contribution in [2.24, 2.45) is 11.3 Å². The Morgan fingerprint density at radius 1 is 1.53 bits per heavy atom. The molecule has 0 bridgehead atoms. The minimum Gasteiger partial charge on any atom is -0.353 e. The lowest BCUT2D eigenvalue weighted by atomic mass is 9.74. The van der Waals surface area contributed by atoms with Gasteiger partial charge < -0.3 is 10.6 Å². The van der Waals surface area contributed by atoms with Crippen LogP contribution in [0.25, 0.3) is 0 Å². The van der Waals surface area contributed by atoms with Crippen LogP contribution in [0.3, 0.4) is 0 Å². The lowest BCUT2D eigenvalue weighted by Crippen LogP contribution is -2.49. The third-order valence-electron chi connectivity index (χ3n) is 4.12. The molecule has 1 fully saturated rings. The summed E-state index contributed by atoms with van der Waals surface area (Å²) in [5.74, 6) is 1.16. The molecule has 19 heavy (non-hydrogen) atoms. The Bertz CT molecular complexity index is 325. The van der Waals surface area contributed by atoms with Gasteiger partial charge in [0.25, 0.3) is 0 Å². The van der Waals surface area contributed by atoms with E-state index in [9.17, 15) is 9.00 Å². The summed E-state index contributed by atoms with van der Waals surface area (Å²) in [5, 5.41) is 6.44. The van der Waals surface area contributed by atoms with Gasteiger partial charge in [0.2, 0.25) is 5.91 Å². The van der Waals surface area contributed by atoms with Crippen molar-refractivity contribution in [3.63, 3.8) is 0 Å². The molecule has 1 rings (SSSR count). The van der Waals surface area contributed by atoms with Crippen LogP contribution in [0.2, 0.25) is 0 Å². The zero-order valence-corrected chi connectivity index (χ0v) is 13.4. The van der Waals surface area contributed by atoms with Crippen LogP contribution in [0.4, 0.5) is 0 Å². The first kappa shape index (κ1) is 16.6. The zero-order valence-electron chi connectivity index (χ0n) is 12.6. The molecular weight excluding hydrogens is 260 g/mol. The second-order valence-corrected chi connectivity index (χ2v) is 7.76. The van der Waals surface area contributed by atoms with Gasteiger partial charge in [-0.3, -0.25) is 9.00 Å². The summed E-state index contributed by atoms with van der Waals surface area (Å²) >= 11 is 0. The van der Waals surface area contributed by atoms with Crippen molar-refractivity contribution in [2.75, 3.05) is 25.1 Å². The number of carbonyl (C=O) groups excluding carboxylic acids is 1. The van der Waals surface area contributed by atoms with Crippen molar-refractivity contribution in [3.05, 3.63) is 0 Å². The maximum Gasteiger partial charge on any atom is 0.226 e. The number of amides is 1. The molecule has 0 spiro atoms. The Kier molecular flexibility index (Phi) is 6.47. The van der Waals surface area contributed by atoms with Crippen molar-refractivity contribution in [1.82, 2.24) is 10.6 Å².